The number of carbonyl (C=O) groups excluding carboxylic acids is 4. The Labute approximate surface area is 250 Å². The van der Waals surface area contributed by atoms with Gasteiger partial charge in [-0.25, -0.2) is 4.79 Å². The van der Waals surface area contributed by atoms with E-state index in [0.717, 1.165) is 50.4 Å². The number of likely N-dealkylation sites (tertiary alicyclic amines) is 2. The topological polar surface area (TPSA) is 96.5 Å². The second kappa shape index (κ2) is 11.4. The first-order valence-electron chi connectivity index (χ1n) is 15.5. The Balaban J connectivity index is 1.16. The summed E-state index contributed by atoms with van der Waals surface area (Å²) < 4.78 is 11.3. The molecule has 1 unspecified atom stereocenters. The zero-order valence-corrected chi connectivity index (χ0v) is 27.2. The van der Waals surface area contributed by atoms with Gasteiger partial charge < -0.3 is 19.3 Å². The van der Waals surface area contributed by atoms with Gasteiger partial charge in [0.2, 0.25) is 5.91 Å². The molecule has 230 valence electrons. The molecule has 4 aliphatic rings. The van der Waals surface area contributed by atoms with Gasteiger partial charge in [-0.1, -0.05) is 31.8 Å². The van der Waals surface area contributed by atoms with Gasteiger partial charge in [0, 0.05) is 46.3 Å². The summed E-state index contributed by atoms with van der Waals surface area (Å²) in [5.41, 5.74) is 2.64. The van der Waals surface area contributed by atoms with E-state index in [1.54, 1.807) is 4.90 Å². The molecular formula is C32H47N3O6Si. The van der Waals surface area contributed by atoms with Crippen molar-refractivity contribution in [3.05, 3.63) is 34.9 Å². The standard InChI is InChI=1S/C32H47N3O6Si/c1-31(2,3)41-30(39)33-13-11-32(12-14-33)18-24(19-32)22-7-8-25-23(17-22)20-34(28(25)37)26-9-10-27(36)35(29(26)38)21-40-15-16-42(4,5)6/h7-8,17,24,26H,9-16,18-21H2,1-6H3. The van der Waals surface area contributed by atoms with E-state index in [1.807, 2.05) is 31.7 Å². The quantitative estimate of drug-likeness (QED) is 0.238. The van der Waals surface area contributed by atoms with E-state index in [-0.39, 0.29) is 42.4 Å². The Bertz CT molecular complexity index is 1240. The van der Waals surface area contributed by atoms with E-state index in [1.165, 1.54) is 10.5 Å². The van der Waals surface area contributed by atoms with E-state index in [0.29, 0.717) is 31.1 Å². The predicted octanol–water partition coefficient (Wildman–Crippen LogP) is 5.37. The van der Waals surface area contributed by atoms with Crippen LogP contribution in [0.25, 0.3) is 0 Å². The summed E-state index contributed by atoms with van der Waals surface area (Å²) in [5.74, 6) is -0.264. The van der Waals surface area contributed by atoms with Gasteiger partial charge in [0.05, 0.1) is 0 Å². The molecule has 9 nitrogen and oxygen atoms in total. The summed E-state index contributed by atoms with van der Waals surface area (Å²) in [6.07, 6.45) is 4.50. The van der Waals surface area contributed by atoms with Gasteiger partial charge in [-0.15, -0.1) is 0 Å². The predicted molar refractivity (Wildman–Crippen MR) is 162 cm³/mol. The maximum absolute atomic E-state index is 13.4. The van der Waals surface area contributed by atoms with E-state index in [2.05, 4.69) is 31.8 Å². The van der Waals surface area contributed by atoms with Crippen molar-refractivity contribution in [1.82, 2.24) is 14.7 Å². The second-order valence-electron chi connectivity index (χ2n) is 15.0. The summed E-state index contributed by atoms with van der Waals surface area (Å²) in [6.45, 7) is 14.8. The number of piperidine rings is 2. The number of amides is 4. The van der Waals surface area contributed by atoms with Crippen molar-refractivity contribution < 1.29 is 28.7 Å². The van der Waals surface area contributed by atoms with Gasteiger partial charge in [0.1, 0.15) is 18.4 Å². The third-order valence-electron chi connectivity index (χ3n) is 9.34. The highest BCUT2D eigenvalue weighted by Crippen LogP contribution is 2.57. The van der Waals surface area contributed by atoms with Crippen LogP contribution in [0.5, 0.6) is 0 Å². The summed E-state index contributed by atoms with van der Waals surface area (Å²) in [5, 5.41) is 0. The molecule has 1 aromatic carbocycles. The Morgan fingerprint density at radius 1 is 1.07 bits per heavy atom. The number of rotatable bonds is 7. The average molecular weight is 598 g/mol. The molecule has 0 radical (unpaired) electrons. The Morgan fingerprint density at radius 2 is 1.76 bits per heavy atom. The van der Waals surface area contributed by atoms with Gasteiger partial charge in [-0.2, -0.15) is 0 Å². The van der Waals surface area contributed by atoms with E-state index in [9.17, 15) is 19.2 Å². The summed E-state index contributed by atoms with van der Waals surface area (Å²) in [6, 6.07) is 6.45. The number of fused-ring (bicyclic) bond motifs is 1. The van der Waals surface area contributed by atoms with Crippen molar-refractivity contribution >= 4 is 31.9 Å². The summed E-state index contributed by atoms with van der Waals surface area (Å²) >= 11 is 0. The van der Waals surface area contributed by atoms with Crippen LogP contribution < -0.4 is 0 Å². The Hall–Kier alpha value is -2.72. The fourth-order valence-electron chi connectivity index (χ4n) is 6.77. The molecule has 1 atom stereocenters. The largest absolute Gasteiger partial charge is 0.444 e. The third kappa shape index (κ3) is 6.59. The lowest BCUT2D eigenvalue weighted by Crippen LogP contribution is -2.55. The van der Waals surface area contributed by atoms with Crippen molar-refractivity contribution in [3.8, 4) is 0 Å². The molecule has 4 amide bonds. The van der Waals surface area contributed by atoms with Crippen molar-refractivity contribution in [3.63, 3.8) is 0 Å². The number of hydrogen-bond donors (Lipinski definition) is 0. The summed E-state index contributed by atoms with van der Waals surface area (Å²) in [4.78, 5) is 56.4. The molecule has 3 aliphatic heterocycles. The minimum Gasteiger partial charge on any atom is -0.444 e. The number of imide groups is 1. The first-order valence-corrected chi connectivity index (χ1v) is 19.2. The fourth-order valence-corrected chi connectivity index (χ4v) is 7.53. The van der Waals surface area contributed by atoms with Gasteiger partial charge in [0.15, 0.2) is 0 Å². The lowest BCUT2D eigenvalue weighted by molar-refractivity contribution is -0.158. The first-order chi connectivity index (χ1) is 19.6. The van der Waals surface area contributed by atoms with Crippen LogP contribution in [-0.2, 0) is 25.6 Å². The van der Waals surface area contributed by atoms with Crippen molar-refractivity contribution in [2.24, 2.45) is 5.41 Å². The normalized spacial score (nSPS) is 23.0. The fraction of sp³-hybridized carbons (Fsp3) is 0.688. The number of benzene rings is 1. The van der Waals surface area contributed by atoms with Crippen LogP contribution in [0.4, 0.5) is 4.79 Å². The minimum atomic E-state index is -1.28. The first kappa shape index (κ1) is 30.7. The maximum Gasteiger partial charge on any atom is 0.410 e. The Kier molecular flexibility index (Phi) is 8.35. The molecule has 2 saturated heterocycles. The van der Waals surface area contributed by atoms with Crippen molar-refractivity contribution in [2.45, 2.75) is 109 Å². The van der Waals surface area contributed by atoms with E-state index >= 15 is 0 Å². The Morgan fingerprint density at radius 3 is 2.40 bits per heavy atom. The van der Waals surface area contributed by atoms with Crippen molar-refractivity contribution in [2.75, 3.05) is 26.4 Å². The highest BCUT2D eigenvalue weighted by Gasteiger charge is 2.48. The molecule has 1 aliphatic carbocycles. The summed E-state index contributed by atoms with van der Waals surface area (Å²) in [7, 11) is -1.28. The highest BCUT2D eigenvalue weighted by molar-refractivity contribution is 6.76. The third-order valence-corrected chi connectivity index (χ3v) is 11.0. The lowest BCUT2D eigenvalue weighted by atomic mass is 9.56. The zero-order valence-electron chi connectivity index (χ0n) is 26.2. The van der Waals surface area contributed by atoms with Crippen LogP contribution in [0.1, 0.15) is 86.7 Å². The molecule has 0 aromatic heterocycles. The minimum absolute atomic E-state index is 0.0449. The van der Waals surface area contributed by atoms with Gasteiger partial charge in [-0.05, 0) is 87.4 Å². The zero-order chi connectivity index (χ0) is 30.4. The molecule has 0 N–H and O–H groups in total. The molecule has 1 spiro atoms. The highest BCUT2D eigenvalue weighted by atomic mass is 28.3. The van der Waals surface area contributed by atoms with Crippen LogP contribution in [0.3, 0.4) is 0 Å². The average Bonchev–Trinajstić information content (AvgIpc) is 3.20. The molecule has 0 bridgehead atoms. The molecule has 10 heteroatoms. The smallest absolute Gasteiger partial charge is 0.410 e. The van der Waals surface area contributed by atoms with Crippen LogP contribution >= 0.6 is 0 Å². The number of carbonyl (C=O) groups is 4. The number of ether oxygens (including phenoxy) is 2. The SMILES string of the molecule is CC(C)(C)OC(=O)N1CCC2(CC1)CC(c1ccc3c(c1)CN(C1CCC(=O)N(COCC[Si](C)(C)C)C1=O)C3=O)C2. The van der Waals surface area contributed by atoms with Gasteiger partial charge in [0.25, 0.3) is 11.8 Å². The molecule has 1 saturated carbocycles. The molecule has 3 fully saturated rings. The molecule has 5 rings (SSSR count). The molecule has 1 aromatic rings. The number of nitrogens with zero attached hydrogens (tertiary/aromatic N) is 3. The van der Waals surface area contributed by atoms with Crippen LogP contribution in [0.15, 0.2) is 18.2 Å². The monoisotopic (exact) mass is 597 g/mol. The van der Waals surface area contributed by atoms with Gasteiger partial charge >= 0.3 is 6.09 Å². The van der Waals surface area contributed by atoms with E-state index < -0.39 is 19.7 Å². The molecule has 3 heterocycles. The van der Waals surface area contributed by atoms with Crippen molar-refractivity contribution in [1.29, 1.82) is 0 Å². The van der Waals surface area contributed by atoms with Crippen LogP contribution in [0, 0.1) is 5.41 Å². The molecule has 42 heavy (non-hydrogen) atoms. The second-order valence-corrected chi connectivity index (χ2v) is 20.6. The van der Waals surface area contributed by atoms with Crippen LogP contribution in [-0.4, -0.2) is 84.7 Å². The van der Waals surface area contributed by atoms with E-state index in [4.69, 9.17) is 9.47 Å². The lowest BCUT2D eigenvalue weighted by Gasteiger charge is -2.52. The van der Waals surface area contributed by atoms with Crippen LogP contribution in [0.2, 0.25) is 25.7 Å². The maximum atomic E-state index is 13.4. The van der Waals surface area contributed by atoms with Gasteiger partial charge in [-0.3, -0.25) is 19.3 Å². The number of hydrogen-bond acceptors (Lipinski definition) is 6. The molecular weight excluding hydrogens is 550 g/mol.